The van der Waals surface area contributed by atoms with E-state index >= 15 is 0 Å². The number of nitrogens with zero attached hydrogens (tertiary/aromatic N) is 2. The average Bonchev–Trinajstić information content (AvgIpc) is 3.71. The maximum Gasteiger partial charge on any atom is 0.231 e. The molecule has 38 heavy (non-hydrogen) atoms. The first-order chi connectivity index (χ1) is 18.7. The number of ether oxygens (including phenoxy) is 4. The van der Waals surface area contributed by atoms with E-state index in [-0.39, 0.29) is 25.4 Å². The third-order valence-electron chi connectivity index (χ3n) is 7.74. The predicted molar refractivity (Wildman–Crippen MR) is 142 cm³/mol. The summed E-state index contributed by atoms with van der Waals surface area (Å²) in [5, 5.41) is 1.14. The fraction of sp³-hybridized carbons (Fsp3) is 0.300. The van der Waals surface area contributed by atoms with Crippen molar-refractivity contribution in [3.63, 3.8) is 0 Å². The van der Waals surface area contributed by atoms with E-state index in [0.29, 0.717) is 19.5 Å². The molecule has 4 heterocycles. The summed E-state index contributed by atoms with van der Waals surface area (Å²) in [6, 6.07) is 20.4. The van der Waals surface area contributed by atoms with Gasteiger partial charge in [-0.3, -0.25) is 9.69 Å². The lowest BCUT2D eigenvalue weighted by atomic mass is 9.87. The number of rotatable bonds is 6. The molecule has 7 rings (SSSR count). The first kappa shape index (κ1) is 23.0. The second kappa shape index (κ2) is 9.61. The molecule has 3 aliphatic rings. The van der Waals surface area contributed by atoms with Crippen LogP contribution in [0.15, 0.2) is 66.9 Å². The monoisotopic (exact) mass is 511 g/mol. The van der Waals surface area contributed by atoms with Gasteiger partial charge in [-0.05, 0) is 47.0 Å². The van der Waals surface area contributed by atoms with Crippen molar-refractivity contribution < 1.29 is 23.7 Å². The largest absolute Gasteiger partial charge is 0.454 e. The minimum atomic E-state index is -0.0974. The number of piperazine rings is 1. The van der Waals surface area contributed by atoms with Crippen LogP contribution in [0.25, 0.3) is 10.9 Å². The summed E-state index contributed by atoms with van der Waals surface area (Å²) in [6.07, 6.45) is 2.43. The molecule has 0 spiro atoms. The van der Waals surface area contributed by atoms with Crippen molar-refractivity contribution in [3.8, 4) is 23.0 Å². The van der Waals surface area contributed by atoms with E-state index in [1.165, 1.54) is 5.56 Å². The molecule has 0 aliphatic carbocycles. The van der Waals surface area contributed by atoms with Crippen molar-refractivity contribution in [1.29, 1.82) is 0 Å². The average molecular weight is 512 g/mol. The van der Waals surface area contributed by atoms with Crippen LogP contribution in [-0.2, 0) is 11.3 Å². The lowest BCUT2D eigenvalue weighted by Crippen LogP contribution is -2.48. The Hall–Kier alpha value is -4.17. The molecule has 0 saturated carbocycles. The molecule has 194 valence electrons. The van der Waals surface area contributed by atoms with Crippen molar-refractivity contribution in [1.82, 2.24) is 14.8 Å². The number of para-hydroxylation sites is 1. The number of benzene rings is 3. The summed E-state index contributed by atoms with van der Waals surface area (Å²) in [4.78, 5) is 21.4. The SMILES string of the molecule is O=C(CC(c1ccc2c(c1)OCO2)c1c[nH]c2ccccc12)N1CCN(Cc2ccc3c(c2)OCO3)CC1. The van der Waals surface area contributed by atoms with Crippen LogP contribution in [0, 0.1) is 0 Å². The van der Waals surface area contributed by atoms with E-state index < -0.39 is 0 Å². The minimum absolute atomic E-state index is 0.0974. The van der Waals surface area contributed by atoms with Crippen LogP contribution in [0.4, 0.5) is 0 Å². The summed E-state index contributed by atoms with van der Waals surface area (Å²) in [7, 11) is 0. The van der Waals surface area contributed by atoms with Crippen LogP contribution in [-0.4, -0.2) is 60.5 Å². The molecule has 1 unspecified atom stereocenters. The number of hydrogen-bond acceptors (Lipinski definition) is 6. The minimum Gasteiger partial charge on any atom is -0.454 e. The third kappa shape index (κ3) is 4.31. The van der Waals surface area contributed by atoms with Crippen LogP contribution >= 0.6 is 0 Å². The van der Waals surface area contributed by atoms with E-state index in [9.17, 15) is 4.79 Å². The molecular formula is C30H29N3O5. The summed E-state index contributed by atoms with van der Waals surface area (Å²) < 4.78 is 22.1. The second-order valence-corrected chi connectivity index (χ2v) is 10.0. The molecule has 1 saturated heterocycles. The highest BCUT2D eigenvalue weighted by atomic mass is 16.7. The van der Waals surface area contributed by atoms with Crippen LogP contribution in [0.2, 0.25) is 0 Å². The standard InChI is InChI=1S/C30H29N3O5/c34-30(33-11-9-32(10-12-33)17-20-5-7-26-28(13-20)37-18-35-26)15-23(21-6-8-27-29(14-21)38-19-36-27)24-16-31-25-4-2-1-3-22(24)25/h1-8,13-14,16,23,31H,9-12,15,17-19H2. The molecule has 8 heteroatoms. The molecular weight excluding hydrogens is 482 g/mol. The molecule has 0 bridgehead atoms. The van der Waals surface area contributed by atoms with Gasteiger partial charge in [0.05, 0.1) is 0 Å². The van der Waals surface area contributed by atoms with Crippen molar-refractivity contribution >= 4 is 16.8 Å². The quantitative estimate of drug-likeness (QED) is 0.411. The smallest absolute Gasteiger partial charge is 0.231 e. The molecule has 4 aromatic rings. The van der Waals surface area contributed by atoms with Crippen LogP contribution in [0.3, 0.4) is 0 Å². The highest BCUT2D eigenvalue weighted by Crippen LogP contribution is 2.40. The lowest BCUT2D eigenvalue weighted by Gasteiger charge is -2.35. The maximum absolute atomic E-state index is 13.7. The molecule has 3 aliphatic heterocycles. The Morgan fingerprint density at radius 1 is 0.816 bits per heavy atom. The summed E-state index contributed by atoms with van der Waals surface area (Å²) >= 11 is 0. The van der Waals surface area contributed by atoms with Gasteiger partial charge in [0.2, 0.25) is 19.5 Å². The van der Waals surface area contributed by atoms with E-state index in [1.807, 2.05) is 41.4 Å². The zero-order chi connectivity index (χ0) is 25.5. The molecule has 1 amide bonds. The molecule has 1 aromatic heterocycles. The van der Waals surface area contributed by atoms with Crippen LogP contribution < -0.4 is 18.9 Å². The molecule has 1 atom stereocenters. The Labute approximate surface area is 220 Å². The van der Waals surface area contributed by atoms with Crippen molar-refractivity contribution in [2.75, 3.05) is 39.8 Å². The Balaban J connectivity index is 1.07. The highest BCUT2D eigenvalue weighted by molar-refractivity contribution is 5.86. The normalized spacial score (nSPS) is 17.2. The fourth-order valence-corrected chi connectivity index (χ4v) is 5.68. The molecule has 1 fully saturated rings. The maximum atomic E-state index is 13.7. The van der Waals surface area contributed by atoms with Crippen LogP contribution in [0.1, 0.15) is 29.0 Å². The topological polar surface area (TPSA) is 76.3 Å². The second-order valence-electron chi connectivity index (χ2n) is 10.0. The van der Waals surface area contributed by atoms with Gasteiger partial charge in [-0.1, -0.05) is 30.3 Å². The van der Waals surface area contributed by atoms with Gasteiger partial charge >= 0.3 is 0 Å². The summed E-state index contributed by atoms with van der Waals surface area (Å²) in [5.74, 6) is 3.16. The third-order valence-corrected chi connectivity index (χ3v) is 7.74. The van der Waals surface area contributed by atoms with Crippen LogP contribution in [0.5, 0.6) is 23.0 Å². The summed E-state index contributed by atoms with van der Waals surface area (Å²) in [6.45, 7) is 4.44. The van der Waals surface area contributed by atoms with Gasteiger partial charge in [0.15, 0.2) is 23.0 Å². The number of aromatic amines is 1. The van der Waals surface area contributed by atoms with Gasteiger partial charge in [-0.25, -0.2) is 0 Å². The summed E-state index contributed by atoms with van der Waals surface area (Å²) in [5.41, 5.74) is 4.43. The van der Waals surface area contributed by atoms with Gasteiger partial charge in [0.1, 0.15) is 0 Å². The Morgan fingerprint density at radius 2 is 1.53 bits per heavy atom. The molecule has 3 aromatic carbocycles. The first-order valence-electron chi connectivity index (χ1n) is 13.1. The molecule has 1 N–H and O–H groups in total. The molecule has 0 radical (unpaired) electrons. The fourth-order valence-electron chi connectivity index (χ4n) is 5.68. The first-order valence-corrected chi connectivity index (χ1v) is 13.1. The Kier molecular flexibility index (Phi) is 5.81. The van der Waals surface area contributed by atoms with Gasteiger partial charge in [0.25, 0.3) is 0 Å². The highest BCUT2D eigenvalue weighted by Gasteiger charge is 2.28. The van der Waals surface area contributed by atoms with E-state index in [2.05, 4.69) is 40.2 Å². The van der Waals surface area contributed by atoms with Gasteiger partial charge in [-0.15, -0.1) is 0 Å². The Morgan fingerprint density at radius 3 is 2.34 bits per heavy atom. The van der Waals surface area contributed by atoms with Crippen molar-refractivity contribution in [2.45, 2.75) is 18.9 Å². The molecule has 8 nitrogen and oxygen atoms in total. The van der Waals surface area contributed by atoms with E-state index in [4.69, 9.17) is 18.9 Å². The number of hydrogen-bond donors (Lipinski definition) is 1. The van der Waals surface area contributed by atoms with Gasteiger partial charge in [0, 0.05) is 62.2 Å². The number of carbonyl (C=O) groups excluding carboxylic acids is 1. The van der Waals surface area contributed by atoms with E-state index in [1.54, 1.807) is 0 Å². The van der Waals surface area contributed by atoms with Crippen molar-refractivity contribution in [2.24, 2.45) is 0 Å². The van der Waals surface area contributed by atoms with Gasteiger partial charge in [-0.2, -0.15) is 0 Å². The van der Waals surface area contributed by atoms with Crippen molar-refractivity contribution in [3.05, 3.63) is 83.6 Å². The zero-order valence-electron chi connectivity index (χ0n) is 21.0. The lowest BCUT2D eigenvalue weighted by molar-refractivity contribution is -0.133. The van der Waals surface area contributed by atoms with E-state index in [0.717, 1.165) is 64.7 Å². The number of nitrogens with one attached hydrogen (secondary N) is 1. The number of fused-ring (bicyclic) bond motifs is 3. The number of H-pyrrole nitrogens is 1. The number of aromatic nitrogens is 1. The number of carbonyl (C=O) groups is 1. The zero-order valence-corrected chi connectivity index (χ0v) is 21.0. The number of amides is 1. The Bertz CT molecular complexity index is 1490. The predicted octanol–water partition coefficient (Wildman–Crippen LogP) is 4.49. The van der Waals surface area contributed by atoms with Gasteiger partial charge < -0.3 is 28.8 Å².